The van der Waals surface area contributed by atoms with Gasteiger partial charge in [0.05, 0.1) is 11.0 Å². The standard InChI is InChI=1S/C39H32N4/c1-25-14-5-6-17-28(25)26-15-13-16-27(24-26)42-31-20-9-7-18-29(31)34-36(39(2,3)4)35-30-19-8-10-21-32(30)43(38(35)41-37(34)42)33-22-11-12-23-40-33/h5-24H,1-4H3. The maximum atomic E-state index is 5.58. The summed E-state index contributed by atoms with van der Waals surface area (Å²) in [5.74, 6) is 0.865. The zero-order chi connectivity index (χ0) is 29.3. The monoisotopic (exact) mass is 556 g/mol. The quantitative estimate of drug-likeness (QED) is 0.217. The SMILES string of the molecule is Cc1ccccc1-c1cccc(-n2c3ccccc3c3c(C(C)(C)C)c4c5ccccc5n(-c5ccccn5)c4nc32)c1. The van der Waals surface area contributed by atoms with Crippen molar-refractivity contribution in [1.29, 1.82) is 0 Å². The molecule has 0 radical (unpaired) electrons. The lowest BCUT2D eigenvalue weighted by Gasteiger charge is -2.22. The molecular weight excluding hydrogens is 524 g/mol. The van der Waals surface area contributed by atoms with E-state index < -0.39 is 0 Å². The second-order valence-corrected chi connectivity index (χ2v) is 12.4. The van der Waals surface area contributed by atoms with Crippen LogP contribution in [0.5, 0.6) is 0 Å². The summed E-state index contributed by atoms with van der Waals surface area (Å²) in [6.07, 6.45) is 1.85. The lowest BCUT2D eigenvalue weighted by atomic mass is 9.82. The van der Waals surface area contributed by atoms with Crippen molar-refractivity contribution >= 4 is 43.9 Å². The van der Waals surface area contributed by atoms with Gasteiger partial charge in [0.15, 0.2) is 0 Å². The van der Waals surface area contributed by atoms with E-state index in [1.807, 2.05) is 18.3 Å². The molecule has 8 aromatic rings. The Morgan fingerprint density at radius 2 is 1.23 bits per heavy atom. The van der Waals surface area contributed by atoms with Gasteiger partial charge in [0.2, 0.25) is 0 Å². The summed E-state index contributed by atoms with van der Waals surface area (Å²) in [6.45, 7) is 9.13. The lowest BCUT2D eigenvalue weighted by molar-refractivity contribution is 0.601. The Labute approximate surface area is 250 Å². The van der Waals surface area contributed by atoms with Crippen molar-refractivity contribution in [3.8, 4) is 22.6 Å². The maximum Gasteiger partial charge on any atom is 0.149 e. The number of benzene rings is 4. The summed E-state index contributed by atoms with van der Waals surface area (Å²) in [5, 5.41) is 4.81. The van der Waals surface area contributed by atoms with E-state index in [0.717, 1.165) is 33.8 Å². The summed E-state index contributed by atoms with van der Waals surface area (Å²) >= 11 is 0. The first-order chi connectivity index (χ1) is 20.9. The zero-order valence-corrected chi connectivity index (χ0v) is 24.8. The largest absolute Gasteiger partial charge is 0.294 e. The smallest absolute Gasteiger partial charge is 0.149 e. The van der Waals surface area contributed by atoms with E-state index in [-0.39, 0.29) is 5.41 Å². The molecule has 0 N–H and O–H groups in total. The molecule has 0 saturated carbocycles. The number of aromatic nitrogens is 4. The van der Waals surface area contributed by atoms with E-state index in [4.69, 9.17) is 9.97 Å². The van der Waals surface area contributed by atoms with Crippen LogP contribution in [0, 0.1) is 6.92 Å². The summed E-state index contributed by atoms with van der Waals surface area (Å²) < 4.78 is 4.58. The average molecular weight is 557 g/mol. The summed E-state index contributed by atoms with van der Waals surface area (Å²) in [6, 6.07) is 40.9. The van der Waals surface area contributed by atoms with Crippen molar-refractivity contribution in [3.63, 3.8) is 0 Å². The van der Waals surface area contributed by atoms with E-state index in [9.17, 15) is 0 Å². The van der Waals surface area contributed by atoms with Gasteiger partial charge in [-0.05, 0) is 71.0 Å². The van der Waals surface area contributed by atoms with Crippen LogP contribution in [0.1, 0.15) is 31.9 Å². The number of fused-ring (bicyclic) bond motifs is 6. The van der Waals surface area contributed by atoms with Gasteiger partial charge in [0.1, 0.15) is 17.1 Å². The maximum absolute atomic E-state index is 5.58. The van der Waals surface area contributed by atoms with E-state index in [1.165, 1.54) is 43.8 Å². The molecule has 0 amide bonds. The molecule has 4 aromatic heterocycles. The minimum absolute atomic E-state index is 0.156. The number of hydrogen-bond donors (Lipinski definition) is 0. The highest BCUT2D eigenvalue weighted by Crippen LogP contribution is 2.45. The van der Waals surface area contributed by atoms with Crippen LogP contribution in [-0.2, 0) is 5.41 Å². The Morgan fingerprint density at radius 3 is 1.91 bits per heavy atom. The van der Waals surface area contributed by atoms with Gasteiger partial charge in [-0.2, -0.15) is 0 Å². The van der Waals surface area contributed by atoms with Crippen molar-refractivity contribution in [3.05, 3.63) is 133 Å². The molecule has 4 heteroatoms. The van der Waals surface area contributed by atoms with E-state index in [0.29, 0.717) is 0 Å². The normalized spacial score (nSPS) is 12.2. The first-order valence-electron chi connectivity index (χ1n) is 14.9. The molecule has 4 heterocycles. The summed E-state index contributed by atoms with van der Waals surface area (Å²) in [7, 11) is 0. The number of hydrogen-bond acceptors (Lipinski definition) is 2. The van der Waals surface area contributed by atoms with Gasteiger partial charge in [-0.15, -0.1) is 0 Å². The third-order valence-corrected chi connectivity index (χ3v) is 8.60. The van der Waals surface area contributed by atoms with Gasteiger partial charge >= 0.3 is 0 Å². The molecule has 0 aliphatic rings. The van der Waals surface area contributed by atoms with Crippen LogP contribution in [0.25, 0.3) is 66.5 Å². The Morgan fingerprint density at radius 1 is 0.605 bits per heavy atom. The second kappa shape index (κ2) is 9.40. The number of nitrogens with zero attached hydrogens (tertiary/aromatic N) is 4. The Hall–Kier alpha value is -5.22. The van der Waals surface area contributed by atoms with E-state index in [1.54, 1.807) is 0 Å². The van der Waals surface area contributed by atoms with Gasteiger partial charge in [0.25, 0.3) is 0 Å². The highest BCUT2D eigenvalue weighted by atomic mass is 15.1. The van der Waals surface area contributed by atoms with Crippen LogP contribution >= 0.6 is 0 Å². The Balaban J connectivity index is 1.58. The molecule has 0 unspecified atom stereocenters. The molecule has 0 spiro atoms. The van der Waals surface area contributed by atoms with Gasteiger partial charge in [-0.3, -0.25) is 9.13 Å². The van der Waals surface area contributed by atoms with Crippen molar-refractivity contribution in [2.45, 2.75) is 33.1 Å². The first kappa shape index (κ1) is 25.5. The van der Waals surface area contributed by atoms with Crippen molar-refractivity contribution < 1.29 is 0 Å². The van der Waals surface area contributed by atoms with Crippen LogP contribution in [-0.4, -0.2) is 19.1 Å². The fourth-order valence-corrected chi connectivity index (χ4v) is 6.82. The number of aryl methyl sites for hydroxylation is 1. The van der Waals surface area contributed by atoms with Crippen LogP contribution in [0.2, 0.25) is 0 Å². The zero-order valence-electron chi connectivity index (χ0n) is 24.8. The number of pyridine rings is 2. The molecule has 0 aliphatic carbocycles. The fourth-order valence-electron chi connectivity index (χ4n) is 6.82. The van der Waals surface area contributed by atoms with Gasteiger partial charge < -0.3 is 0 Å². The molecule has 0 fully saturated rings. The van der Waals surface area contributed by atoms with Crippen molar-refractivity contribution in [1.82, 2.24) is 19.1 Å². The van der Waals surface area contributed by atoms with Crippen LogP contribution in [0.15, 0.2) is 121 Å². The van der Waals surface area contributed by atoms with Crippen molar-refractivity contribution in [2.75, 3.05) is 0 Å². The molecule has 8 rings (SSSR count). The third-order valence-electron chi connectivity index (χ3n) is 8.60. The molecule has 0 saturated heterocycles. The van der Waals surface area contributed by atoms with Crippen molar-refractivity contribution in [2.24, 2.45) is 0 Å². The molecule has 4 nitrogen and oxygen atoms in total. The highest BCUT2D eigenvalue weighted by Gasteiger charge is 2.29. The highest BCUT2D eigenvalue weighted by molar-refractivity contribution is 6.20. The topological polar surface area (TPSA) is 35.6 Å². The molecule has 0 atom stereocenters. The second-order valence-electron chi connectivity index (χ2n) is 12.4. The van der Waals surface area contributed by atoms with Gasteiger partial charge in [-0.25, -0.2) is 9.97 Å². The molecule has 4 aromatic carbocycles. The third kappa shape index (κ3) is 3.83. The minimum atomic E-state index is -0.156. The molecule has 43 heavy (non-hydrogen) atoms. The number of para-hydroxylation sites is 2. The average Bonchev–Trinajstić information content (AvgIpc) is 3.52. The molecule has 0 aliphatic heterocycles. The summed E-state index contributed by atoms with van der Waals surface area (Å²) in [4.78, 5) is 10.4. The number of rotatable bonds is 3. The molecule has 0 bridgehead atoms. The fraction of sp³-hybridized carbons (Fsp3) is 0.128. The first-order valence-corrected chi connectivity index (χ1v) is 14.9. The predicted octanol–water partition coefficient (Wildman–Crippen LogP) is 9.94. The van der Waals surface area contributed by atoms with Gasteiger partial charge in [-0.1, -0.05) is 99.6 Å². The molecular formula is C39H32N4. The Kier molecular flexibility index (Phi) is 5.57. The van der Waals surface area contributed by atoms with Gasteiger partial charge in [0, 0.05) is 33.4 Å². The van der Waals surface area contributed by atoms with Crippen LogP contribution < -0.4 is 0 Å². The summed E-state index contributed by atoms with van der Waals surface area (Å²) in [5.41, 5.74) is 10.1. The predicted molar refractivity (Wildman–Crippen MR) is 180 cm³/mol. The van der Waals surface area contributed by atoms with Crippen LogP contribution in [0.4, 0.5) is 0 Å². The Bertz CT molecular complexity index is 2330. The minimum Gasteiger partial charge on any atom is -0.294 e. The van der Waals surface area contributed by atoms with E-state index in [2.05, 4.69) is 140 Å². The van der Waals surface area contributed by atoms with Crippen LogP contribution in [0.3, 0.4) is 0 Å². The molecule has 208 valence electrons. The lowest BCUT2D eigenvalue weighted by Crippen LogP contribution is -2.13. The van der Waals surface area contributed by atoms with E-state index >= 15 is 0 Å².